The summed E-state index contributed by atoms with van der Waals surface area (Å²) in [7, 11) is 0. The fraction of sp³-hybridized carbons (Fsp3) is 0.286. The van der Waals surface area contributed by atoms with Crippen molar-refractivity contribution in [3.63, 3.8) is 0 Å². The second-order valence-corrected chi connectivity index (χ2v) is 6.31. The molecule has 0 spiro atoms. The minimum atomic E-state index is -0.811. The van der Waals surface area contributed by atoms with Crippen LogP contribution in [0.5, 0.6) is 0 Å². The van der Waals surface area contributed by atoms with Gasteiger partial charge in [0.2, 0.25) is 0 Å². The number of rotatable bonds is 5. The summed E-state index contributed by atoms with van der Waals surface area (Å²) in [5.74, 6) is -0.716. The molecule has 0 N–H and O–H groups in total. The second kappa shape index (κ2) is 8.98. The van der Waals surface area contributed by atoms with Crippen LogP contribution in [-0.2, 0) is 14.3 Å². The van der Waals surface area contributed by atoms with E-state index in [4.69, 9.17) is 4.74 Å². The summed E-state index contributed by atoms with van der Waals surface area (Å²) in [5.41, 5.74) is 1.81. The number of anilines is 1. The molecule has 1 aliphatic heterocycles. The van der Waals surface area contributed by atoms with Gasteiger partial charge in [0, 0.05) is 44.1 Å². The molecular weight excluding hydrogens is 342 g/mol. The van der Waals surface area contributed by atoms with Crippen molar-refractivity contribution in [2.24, 2.45) is 0 Å². The summed E-state index contributed by atoms with van der Waals surface area (Å²) in [6.45, 7) is 4.35. The standard InChI is InChI=1S/C21H23N3O3/c1-17(27-20(25)11-10-18-7-5-6-12-22-18)21(26)24-15-13-23(14-16-24)19-8-3-2-4-9-19/h2-12,17H,13-16H2,1H3. The number of benzene rings is 1. The first-order valence-corrected chi connectivity index (χ1v) is 9.02. The molecule has 2 aromatic rings. The Morgan fingerprint density at radius 1 is 1.04 bits per heavy atom. The fourth-order valence-electron chi connectivity index (χ4n) is 2.97. The Morgan fingerprint density at radius 3 is 2.41 bits per heavy atom. The van der Waals surface area contributed by atoms with E-state index in [2.05, 4.69) is 22.0 Å². The van der Waals surface area contributed by atoms with Crippen molar-refractivity contribution in [2.45, 2.75) is 13.0 Å². The van der Waals surface area contributed by atoms with Crippen LogP contribution in [0.15, 0.2) is 60.8 Å². The lowest BCUT2D eigenvalue weighted by atomic mass is 10.2. The van der Waals surface area contributed by atoms with E-state index in [1.807, 2.05) is 24.3 Å². The van der Waals surface area contributed by atoms with E-state index in [1.165, 1.54) is 6.08 Å². The predicted octanol–water partition coefficient (Wildman–Crippen LogP) is 2.38. The Kier molecular flexibility index (Phi) is 6.20. The quantitative estimate of drug-likeness (QED) is 0.601. The van der Waals surface area contributed by atoms with E-state index in [0.29, 0.717) is 18.8 Å². The van der Waals surface area contributed by atoms with Gasteiger partial charge in [-0.3, -0.25) is 9.78 Å². The number of aromatic nitrogens is 1. The number of hydrogen-bond acceptors (Lipinski definition) is 5. The molecule has 27 heavy (non-hydrogen) atoms. The minimum Gasteiger partial charge on any atom is -0.449 e. The molecule has 1 aliphatic rings. The average Bonchev–Trinajstić information content (AvgIpc) is 2.73. The van der Waals surface area contributed by atoms with Crippen LogP contribution in [0.2, 0.25) is 0 Å². The summed E-state index contributed by atoms with van der Waals surface area (Å²) in [6.07, 6.45) is 3.69. The lowest BCUT2D eigenvalue weighted by Crippen LogP contribution is -2.51. The number of hydrogen-bond donors (Lipinski definition) is 0. The van der Waals surface area contributed by atoms with Gasteiger partial charge in [0.15, 0.2) is 6.10 Å². The number of carbonyl (C=O) groups is 2. The fourth-order valence-corrected chi connectivity index (χ4v) is 2.97. The first kappa shape index (κ1) is 18.6. The molecular formula is C21H23N3O3. The Hall–Kier alpha value is -3.15. The van der Waals surface area contributed by atoms with Gasteiger partial charge in [0.25, 0.3) is 5.91 Å². The maximum absolute atomic E-state index is 12.5. The van der Waals surface area contributed by atoms with Gasteiger partial charge in [-0.15, -0.1) is 0 Å². The third kappa shape index (κ3) is 5.17. The molecule has 1 amide bonds. The van der Waals surface area contributed by atoms with Crippen LogP contribution in [0.3, 0.4) is 0 Å². The molecule has 1 saturated heterocycles. The van der Waals surface area contributed by atoms with Gasteiger partial charge in [0.1, 0.15) is 0 Å². The Balaban J connectivity index is 1.48. The van der Waals surface area contributed by atoms with E-state index in [-0.39, 0.29) is 5.91 Å². The van der Waals surface area contributed by atoms with Gasteiger partial charge in [-0.05, 0) is 37.3 Å². The number of amides is 1. The van der Waals surface area contributed by atoms with Crippen molar-refractivity contribution < 1.29 is 14.3 Å². The summed E-state index contributed by atoms with van der Waals surface area (Å²) < 4.78 is 5.24. The van der Waals surface area contributed by atoms with Crippen molar-refractivity contribution in [3.8, 4) is 0 Å². The van der Waals surface area contributed by atoms with Crippen LogP contribution in [0.25, 0.3) is 6.08 Å². The second-order valence-electron chi connectivity index (χ2n) is 6.31. The topological polar surface area (TPSA) is 62.7 Å². The predicted molar refractivity (Wildman–Crippen MR) is 104 cm³/mol. The van der Waals surface area contributed by atoms with Crippen LogP contribution >= 0.6 is 0 Å². The number of pyridine rings is 1. The summed E-state index contributed by atoms with van der Waals surface area (Å²) in [6, 6.07) is 15.5. The van der Waals surface area contributed by atoms with E-state index in [1.54, 1.807) is 36.2 Å². The van der Waals surface area contributed by atoms with Crippen molar-refractivity contribution in [2.75, 3.05) is 31.1 Å². The molecule has 1 unspecified atom stereocenters. The molecule has 3 rings (SSSR count). The molecule has 6 heteroatoms. The highest BCUT2D eigenvalue weighted by molar-refractivity contribution is 5.90. The first-order chi connectivity index (χ1) is 13.1. The molecule has 1 fully saturated rings. The minimum absolute atomic E-state index is 0.165. The summed E-state index contributed by atoms with van der Waals surface area (Å²) in [5, 5.41) is 0. The molecule has 2 heterocycles. The largest absolute Gasteiger partial charge is 0.449 e. The smallest absolute Gasteiger partial charge is 0.331 e. The number of carbonyl (C=O) groups excluding carboxylic acids is 2. The number of ether oxygens (including phenoxy) is 1. The molecule has 0 bridgehead atoms. The Labute approximate surface area is 159 Å². The first-order valence-electron chi connectivity index (χ1n) is 9.02. The average molecular weight is 365 g/mol. The lowest BCUT2D eigenvalue weighted by molar-refractivity contribution is -0.155. The monoisotopic (exact) mass is 365 g/mol. The molecule has 0 radical (unpaired) electrons. The highest BCUT2D eigenvalue weighted by Gasteiger charge is 2.26. The van der Waals surface area contributed by atoms with Crippen molar-refractivity contribution >= 4 is 23.6 Å². The Bertz CT molecular complexity index is 785. The van der Waals surface area contributed by atoms with Crippen LogP contribution < -0.4 is 4.90 Å². The molecule has 0 aliphatic carbocycles. The van der Waals surface area contributed by atoms with Crippen molar-refractivity contribution in [1.82, 2.24) is 9.88 Å². The van der Waals surface area contributed by atoms with Crippen molar-refractivity contribution in [1.29, 1.82) is 0 Å². The molecule has 140 valence electrons. The molecule has 1 aromatic carbocycles. The molecule has 6 nitrogen and oxygen atoms in total. The highest BCUT2D eigenvalue weighted by atomic mass is 16.5. The SMILES string of the molecule is CC(OC(=O)C=Cc1ccccn1)C(=O)N1CCN(c2ccccc2)CC1. The van der Waals surface area contributed by atoms with Crippen LogP contribution in [0, 0.1) is 0 Å². The van der Waals surface area contributed by atoms with Crippen LogP contribution in [0.4, 0.5) is 5.69 Å². The van der Waals surface area contributed by atoms with Crippen molar-refractivity contribution in [3.05, 3.63) is 66.5 Å². The summed E-state index contributed by atoms with van der Waals surface area (Å²) >= 11 is 0. The third-order valence-corrected chi connectivity index (χ3v) is 4.43. The summed E-state index contributed by atoms with van der Waals surface area (Å²) in [4.78, 5) is 32.6. The zero-order valence-electron chi connectivity index (χ0n) is 15.3. The number of para-hydroxylation sites is 1. The van der Waals surface area contributed by atoms with Gasteiger partial charge in [-0.2, -0.15) is 0 Å². The normalized spacial score (nSPS) is 15.6. The van der Waals surface area contributed by atoms with Gasteiger partial charge in [-0.1, -0.05) is 24.3 Å². The van der Waals surface area contributed by atoms with E-state index in [0.717, 1.165) is 18.8 Å². The van der Waals surface area contributed by atoms with E-state index < -0.39 is 12.1 Å². The number of esters is 1. The molecule has 0 saturated carbocycles. The molecule has 1 aromatic heterocycles. The van der Waals surface area contributed by atoms with E-state index >= 15 is 0 Å². The van der Waals surface area contributed by atoms with Gasteiger partial charge in [0.05, 0.1) is 5.69 Å². The van der Waals surface area contributed by atoms with Crippen LogP contribution in [-0.4, -0.2) is 54.0 Å². The number of nitrogens with zero attached hydrogens (tertiary/aromatic N) is 3. The third-order valence-electron chi connectivity index (χ3n) is 4.43. The van der Waals surface area contributed by atoms with Gasteiger partial charge >= 0.3 is 5.97 Å². The van der Waals surface area contributed by atoms with Gasteiger partial charge in [-0.25, -0.2) is 4.79 Å². The highest BCUT2D eigenvalue weighted by Crippen LogP contribution is 2.16. The zero-order valence-corrected chi connectivity index (χ0v) is 15.3. The zero-order chi connectivity index (χ0) is 19.1. The van der Waals surface area contributed by atoms with Crippen LogP contribution in [0.1, 0.15) is 12.6 Å². The maximum Gasteiger partial charge on any atom is 0.331 e. The maximum atomic E-state index is 12.5. The Morgan fingerprint density at radius 2 is 1.74 bits per heavy atom. The number of piperazine rings is 1. The molecule has 1 atom stereocenters. The van der Waals surface area contributed by atoms with Gasteiger partial charge < -0.3 is 14.5 Å². The van der Waals surface area contributed by atoms with E-state index in [9.17, 15) is 9.59 Å². The lowest BCUT2D eigenvalue weighted by Gasteiger charge is -2.36.